The molecule has 1 aliphatic rings. The molecule has 0 fully saturated rings. The predicted octanol–water partition coefficient (Wildman–Crippen LogP) is 5.04. The SMILES string of the molecule is CN1c2ccccc2N=C(I)c2c(Br)cccc21. The summed E-state index contributed by atoms with van der Waals surface area (Å²) in [7, 11) is 2.08. The molecule has 0 aliphatic carbocycles. The van der Waals surface area contributed by atoms with Crippen LogP contribution >= 0.6 is 38.5 Å². The van der Waals surface area contributed by atoms with E-state index in [2.05, 4.69) is 74.7 Å². The smallest absolute Gasteiger partial charge is 0.112 e. The summed E-state index contributed by atoms with van der Waals surface area (Å²) in [5.41, 5.74) is 4.45. The van der Waals surface area contributed by atoms with Crippen molar-refractivity contribution in [3.05, 3.63) is 52.5 Å². The van der Waals surface area contributed by atoms with Gasteiger partial charge in [0.1, 0.15) is 3.72 Å². The van der Waals surface area contributed by atoms with Gasteiger partial charge in [0.15, 0.2) is 0 Å². The Morgan fingerprint density at radius 1 is 1.06 bits per heavy atom. The first kappa shape index (κ1) is 12.2. The molecular formula is C14H10BrIN2. The van der Waals surface area contributed by atoms with E-state index in [1.165, 1.54) is 5.69 Å². The van der Waals surface area contributed by atoms with Crippen molar-refractivity contribution >= 4 is 59.3 Å². The van der Waals surface area contributed by atoms with Gasteiger partial charge in [-0.2, -0.15) is 0 Å². The highest BCUT2D eigenvalue weighted by atomic mass is 127. The summed E-state index contributed by atoms with van der Waals surface area (Å²) in [6.45, 7) is 0. The van der Waals surface area contributed by atoms with Gasteiger partial charge in [-0.25, -0.2) is 4.99 Å². The Balaban J connectivity index is 2.35. The quantitative estimate of drug-likeness (QED) is 0.553. The highest BCUT2D eigenvalue weighted by Crippen LogP contribution is 2.41. The van der Waals surface area contributed by atoms with E-state index in [1.54, 1.807) is 0 Å². The van der Waals surface area contributed by atoms with Gasteiger partial charge in [0.05, 0.1) is 17.1 Å². The van der Waals surface area contributed by atoms with Crippen LogP contribution in [0.5, 0.6) is 0 Å². The maximum Gasteiger partial charge on any atom is 0.112 e. The Morgan fingerprint density at radius 2 is 1.78 bits per heavy atom. The van der Waals surface area contributed by atoms with Crippen molar-refractivity contribution in [1.82, 2.24) is 0 Å². The Labute approximate surface area is 128 Å². The zero-order valence-corrected chi connectivity index (χ0v) is 13.4. The number of hydrogen-bond donors (Lipinski definition) is 0. The molecule has 1 heterocycles. The molecule has 0 bridgehead atoms. The Hall–Kier alpha value is -0.880. The molecule has 18 heavy (non-hydrogen) atoms. The second-order valence-corrected chi connectivity index (χ2v) is 5.96. The zero-order chi connectivity index (χ0) is 12.7. The minimum Gasteiger partial charge on any atom is -0.342 e. The number of nitrogens with zero attached hydrogens (tertiary/aromatic N) is 2. The number of para-hydroxylation sites is 2. The fraction of sp³-hybridized carbons (Fsp3) is 0.0714. The van der Waals surface area contributed by atoms with Crippen LogP contribution < -0.4 is 4.90 Å². The number of aliphatic imine (C=N–C) groups is 1. The molecule has 90 valence electrons. The second-order valence-electron chi connectivity index (χ2n) is 4.08. The molecule has 0 spiro atoms. The van der Waals surface area contributed by atoms with Gasteiger partial charge in [0.25, 0.3) is 0 Å². The van der Waals surface area contributed by atoms with Crippen LogP contribution in [-0.2, 0) is 0 Å². The summed E-state index contributed by atoms with van der Waals surface area (Å²) < 4.78 is 2.08. The molecule has 0 unspecified atom stereocenters. The van der Waals surface area contributed by atoms with E-state index in [0.717, 1.165) is 25.1 Å². The maximum absolute atomic E-state index is 4.72. The molecule has 0 saturated heterocycles. The van der Waals surface area contributed by atoms with Gasteiger partial charge in [-0.15, -0.1) is 0 Å². The van der Waals surface area contributed by atoms with Gasteiger partial charge >= 0.3 is 0 Å². The van der Waals surface area contributed by atoms with Crippen LogP contribution in [0.2, 0.25) is 0 Å². The lowest BCUT2D eigenvalue weighted by molar-refractivity contribution is 1.21. The molecule has 0 aromatic heterocycles. The number of fused-ring (bicyclic) bond motifs is 2. The average Bonchev–Trinajstić information content (AvgIpc) is 2.47. The fourth-order valence-corrected chi connectivity index (χ4v) is 3.87. The molecule has 2 aromatic carbocycles. The van der Waals surface area contributed by atoms with Crippen LogP contribution in [0.25, 0.3) is 0 Å². The minimum atomic E-state index is 1.01. The largest absolute Gasteiger partial charge is 0.342 e. The monoisotopic (exact) mass is 412 g/mol. The van der Waals surface area contributed by atoms with Gasteiger partial charge < -0.3 is 4.90 Å². The first-order valence-corrected chi connectivity index (χ1v) is 7.41. The Morgan fingerprint density at radius 3 is 2.61 bits per heavy atom. The molecule has 1 aliphatic heterocycles. The second kappa shape index (κ2) is 4.66. The van der Waals surface area contributed by atoms with E-state index in [1.807, 2.05) is 18.2 Å². The van der Waals surface area contributed by atoms with Gasteiger partial charge in [0.2, 0.25) is 0 Å². The molecule has 0 N–H and O–H groups in total. The number of benzene rings is 2. The lowest BCUT2D eigenvalue weighted by atomic mass is 10.1. The fourth-order valence-electron chi connectivity index (χ4n) is 2.13. The molecule has 0 saturated carbocycles. The van der Waals surface area contributed by atoms with E-state index in [4.69, 9.17) is 4.99 Å². The third-order valence-electron chi connectivity index (χ3n) is 3.02. The lowest BCUT2D eigenvalue weighted by Crippen LogP contribution is -2.11. The standard InChI is InChI=1S/C14H10BrIN2/c1-18-11-7-3-2-6-10(11)17-14(16)13-9(15)5-4-8-12(13)18/h2-8H,1H3. The van der Waals surface area contributed by atoms with Crippen LogP contribution in [0.1, 0.15) is 5.56 Å². The van der Waals surface area contributed by atoms with Gasteiger partial charge in [-0.3, -0.25) is 0 Å². The number of anilines is 2. The third kappa shape index (κ3) is 1.87. The minimum absolute atomic E-state index is 1.01. The van der Waals surface area contributed by atoms with Gasteiger partial charge in [-0.1, -0.05) is 34.1 Å². The Kier molecular flexibility index (Phi) is 3.15. The first-order valence-electron chi connectivity index (χ1n) is 5.54. The maximum atomic E-state index is 4.72. The van der Waals surface area contributed by atoms with Crippen LogP contribution in [-0.4, -0.2) is 10.8 Å². The van der Waals surface area contributed by atoms with E-state index in [9.17, 15) is 0 Å². The molecule has 3 rings (SSSR count). The van der Waals surface area contributed by atoms with Gasteiger partial charge in [0, 0.05) is 17.1 Å². The topological polar surface area (TPSA) is 15.6 Å². The molecule has 0 amide bonds. The average molecular weight is 413 g/mol. The molecular weight excluding hydrogens is 403 g/mol. The summed E-state index contributed by atoms with van der Waals surface area (Å²) in [4.78, 5) is 6.91. The number of halogens is 2. The lowest BCUT2D eigenvalue weighted by Gasteiger charge is -2.21. The van der Waals surface area contributed by atoms with E-state index in [0.29, 0.717) is 0 Å². The molecule has 0 radical (unpaired) electrons. The highest BCUT2D eigenvalue weighted by molar-refractivity contribution is 14.1. The van der Waals surface area contributed by atoms with Crippen molar-refractivity contribution < 1.29 is 0 Å². The van der Waals surface area contributed by atoms with E-state index < -0.39 is 0 Å². The summed E-state index contributed by atoms with van der Waals surface area (Å²) in [6.07, 6.45) is 0. The predicted molar refractivity (Wildman–Crippen MR) is 88.9 cm³/mol. The zero-order valence-electron chi connectivity index (χ0n) is 9.69. The van der Waals surface area contributed by atoms with Crippen molar-refractivity contribution in [3.63, 3.8) is 0 Å². The van der Waals surface area contributed by atoms with Crippen molar-refractivity contribution in [3.8, 4) is 0 Å². The van der Waals surface area contributed by atoms with Crippen LogP contribution in [0, 0.1) is 0 Å². The summed E-state index contributed by atoms with van der Waals surface area (Å²) in [5, 5.41) is 0. The summed E-state index contributed by atoms with van der Waals surface area (Å²) in [6, 6.07) is 14.4. The molecule has 2 nitrogen and oxygen atoms in total. The van der Waals surface area contributed by atoms with Crippen molar-refractivity contribution in [2.75, 3.05) is 11.9 Å². The van der Waals surface area contributed by atoms with Gasteiger partial charge in [-0.05, 0) is 46.9 Å². The molecule has 0 atom stereocenters. The molecule has 2 aromatic rings. The van der Waals surface area contributed by atoms with Crippen molar-refractivity contribution in [1.29, 1.82) is 0 Å². The normalized spacial score (nSPS) is 13.5. The number of hydrogen-bond acceptors (Lipinski definition) is 2. The van der Waals surface area contributed by atoms with Crippen molar-refractivity contribution in [2.24, 2.45) is 4.99 Å². The molecule has 4 heteroatoms. The third-order valence-corrected chi connectivity index (χ3v) is 4.46. The first-order chi connectivity index (χ1) is 8.68. The van der Waals surface area contributed by atoms with Crippen LogP contribution in [0.4, 0.5) is 17.1 Å². The summed E-state index contributed by atoms with van der Waals surface area (Å²) >= 11 is 5.92. The van der Waals surface area contributed by atoms with Crippen molar-refractivity contribution in [2.45, 2.75) is 0 Å². The summed E-state index contributed by atoms with van der Waals surface area (Å²) in [5.74, 6) is 0. The Bertz CT molecular complexity index is 652. The van der Waals surface area contributed by atoms with E-state index in [-0.39, 0.29) is 0 Å². The van der Waals surface area contributed by atoms with E-state index >= 15 is 0 Å². The van der Waals surface area contributed by atoms with Crippen LogP contribution in [0.15, 0.2) is 51.9 Å². The highest BCUT2D eigenvalue weighted by Gasteiger charge is 2.20. The number of rotatable bonds is 0. The van der Waals surface area contributed by atoms with Crippen LogP contribution in [0.3, 0.4) is 0 Å².